The maximum absolute atomic E-state index is 13.3. The second kappa shape index (κ2) is 9.48. The van der Waals surface area contributed by atoms with Crippen LogP contribution in [0.3, 0.4) is 0 Å². The fourth-order valence-corrected chi connectivity index (χ4v) is 7.36. The van der Waals surface area contributed by atoms with E-state index in [9.17, 15) is 14.4 Å². The number of carbonyl (C=O) groups is 3. The standard InChI is InChI=1S/C28H34BN3O7/c1-27(2)16-11-21(27)28(3)22(12-16)38-29(39-28)23-5-4-10-32(23)24(33)14-31-26(36)19-8-9-30-20-13-17(6-7-18(19)20)37-15-25(34)35/h6-9,13,16,21-23H,4-5,10-12,14-15H2,1-3H3,(H,31,36)(H,34,35)/t16-,21-,22?,23?,28+/m1/s1. The second-order valence-corrected chi connectivity index (χ2v) is 12.0. The number of nitrogens with zero attached hydrogens (tertiary/aromatic N) is 2. The fraction of sp³-hybridized carbons (Fsp3) is 0.571. The minimum absolute atomic E-state index is 0.0616. The van der Waals surface area contributed by atoms with Crippen molar-refractivity contribution in [3.05, 3.63) is 36.0 Å². The lowest BCUT2D eigenvalue weighted by Gasteiger charge is -2.64. The van der Waals surface area contributed by atoms with Gasteiger partial charge >= 0.3 is 13.1 Å². The van der Waals surface area contributed by atoms with Gasteiger partial charge in [0.1, 0.15) is 5.75 Å². The van der Waals surface area contributed by atoms with Crippen LogP contribution in [0.25, 0.3) is 10.9 Å². The zero-order chi connectivity index (χ0) is 27.5. The van der Waals surface area contributed by atoms with Gasteiger partial charge in [-0.15, -0.1) is 0 Å². The molecule has 5 atom stereocenters. The highest BCUT2D eigenvalue weighted by atomic mass is 16.7. The number of nitrogens with one attached hydrogen (secondary N) is 1. The number of benzene rings is 1. The molecule has 3 heterocycles. The van der Waals surface area contributed by atoms with Crippen LogP contribution in [0.1, 0.15) is 56.8 Å². The molecule has 1 aromatic carbocycles. The number of ether oxygens (including phenoxy) is 1. The Bertz CT molecular complexity index is 1340. The van der Waals surface area contributed by atoms with Crippen molar-refractivity contribution in [3.8, 4) is 5.75 Å². The normalized spacial score (nSPS) is 30.5. The molecule has 2 amide bonds. The van der Waals surface area contributed by atoms with E-state index in [0.29, 0.717) is 40.6 Å². The number of hydrogen-bond donors (Lipinski definition) is 2. The van der Waals surface area contributed by atoms with E-state index in [1.54, 1.807) is 29.2 Å². The zero-order valence-corrected chi connectivity index (χ0v) is 22.5. The van der Waals surface area contributed by atoms with Gasteiger partial charge in [0.25, 0.3) is 5.91 Å². The van der Waals surface area contributed by atoms with Crippen molar-refractivity contribution < 1.29 is 33.5 Å². The highest BCUT2D eigenvalue weighted by molar-refractivity contribution is 6.48. The molecular formula is C28H34BN3O7. The summed E-state index contributed by atoms with van der Waals surface area (Å²) in [6, 6.07) is 6.43. The smallest absolute Gasteiger partial charge is 0.481 e. The van der Waals surface area contributed by atoms with Crippen molar-refractivity contribution in [2.45, 2.75) is 64.1 Å². The molecule has 10 nitrogen and oxygen atoms in total. The first-order valence-corrected chi connectivity index (χ1v) is 13.7. The Labute approximate surface area is 227 Å². The third kappa shape index (κ3) is 4.35. The van der Waals surface area contributed by atoms with E-state index in [1.165, 1.54) is 12.6 Å². The van der Waals surface area contributed by atoms with Crippen molar-refractivity contribution in [1.29, 1.82) is 0 Å². The maximum Gasteiger partial charge on any atom is 0.481 e. The Kier molecular flexibility index (Phi) is 6.34. The molecule has 11 heteroatoms. The van der Waals surface area contributed by atoms with Crippen LogP contribution >= 0.6 is 0 Å². The Hall–Kier alpha value is -3.18. The summed E-state index contributed by atoms with van der Waals surface area (Å²) in [5.41, 5.74) is 0.790. The lowest BCUT2D eigenvalue weighted by molar-refractivity contribution is -0.199. The van der Waals surface area contributed by atoms with Gasteiger partial charge in [-0.3, -0.25) is 14.6 Å². The molecule has 2 saturated heterocycles. The number of hydrogen-bond acceptors (Lipinski definition) is 7. The van der Waals surface area contributed by atoms with Gasteiger partial charge in [-0.2, -0.15) is 0 Å². The number of pyridine rings is 1. The van der Waals surface area contributed by atoms with Crippen LogP contribution in [0, 0.1) is 17.3 Å². The van der Waals surface area contributed by atoms with Gasteiger partial charge in [0.15, 0.2) is 6.61 Å². The topological polar surface area (TPSA) is 127 Å². The molecule has 206 valence electrons. The number of carboxylic acids is 1. The fourth-order valence-electron chi connectivity index (χ4n) is 7.36. The first-order chi connectivity index (χ1) is 18.6. The summed E-state index contributed by atoms with van der Waals surface area (Å²) in [4.78, 5) is 43.2. The lowest BCUT2D eigenvalue weighted by Crippen LogP contribution is -2.65. The number of fused-ring (bicyclic) bond motifs is 1. The number of carboxylic acid groups (broad SMARTS) is 1. The first kappa shape index (κ1) is 26.1. The zero-order valence-electron chi connectivity index (χ0n) is 22.5. The number of likely N-dealkylation sites (tertiary alicyclic amines) is 1. The van der Waals surface area contributed by atoms with E-state index in [2.05, 4.69) is 31.1 Å². The predicted molar refractivity (Wildman–Crippen MR) is 142 cm³/mol. The average Bonchev–Trinajstić information content (AvgIpc) is 3.53. The van der Waals surface area contributed by atoms with Gasteiger partial charge < -0.3 is 29.4 Å². The molecular weight excluding hydrogens is 501 g/mol. The van der Waals surface area contributed by atoms with Gasteiger partial charge in [0.2, 0.25) is 5.91 Å². The van der Waals surface area contributed by atoms with Crippen molar-refractivity contribution in [2.24, 2.45) is 17.3 Å². The summed E-state index contributed by atoms with van der Waals surface area (Å²) in [7, 11) is -0.445. The highest BCUT2D eigenvalue weighted by Gasteiger charge is 2.69. The number of aliphatic carboxylic acids is 1. The van der Waals surface area contributed by atoms with Crippen LogP contribution in [0.15, 0.2) is 30.5 Å². The van der Waals surface area contributed by atoms with Gasteiger partial charge in [0, 0.05) is 24.2 Å². The van der Waals surface area contributed by atoms with Gasteiger partial charge in [-0.25, -0.2) is 4.79 Å². The third-order valence-corrected chi connectivity index (χ3v) is 9.62. The summed E-state index contributed by atoms with van der Waals surface area (Å²) in [6.07, 6.45) is 5.42. The molecule has 1 aromatic heterocycles. The summed E-state index contributed by atoms with van der Waals surface area (Å²) in [5.74, 6) is -0.337. The Morgan fingerprint density at radius 2 is 2.05 bits per heavy atom. The lowest BCUT2D eigenvalue weighted by atomic mass is 9.43. The van der Waals surface area contributed by atoms with Crippen LogP contribution in [-0.2, 0) is 18.9 Å². The summed E-state index contributed by atoms with van der Waals surface area (Å²) < 4.78 is 18.3. The minimum atomic E-state index is -1.08. The van der Waals surface area contributed by atoms with Crippen LogP contribution in [-0.4, -0.2) is 77.2 Å². The van der Waals surface area contributed by atoms with E-state index in [1.807, 2.05) is 0 Å². The molecule has 7 rings (SSSR count). The van der Waals surface area contributed by atoms with E-state index in [0.717, 1.165) is 19.3 Å². The maximum atomic E-state index is 13.3. The van der Waals surface area contributed by atoms with Crippen LogP contribution in [0.4, 0.5) is 0 Å². The van der Waals surface area contributed by atoms with Crippen LogP contribution in [0.5, 0.6) is 5.75 Å². The Morgan fingerprint density at radius 3 is 2.82 bits per heavy atom. The predicted octanol–water partition coefficient (Wildman–Crippen LogP) is 2.69. The van der Waals surface area contributed by atoms with E-state index in [4.69, 9.17) is 19.2 Å². The molecule has 2 unspecified atom stereocenters. The molecule has 0 spiro atoms. The number of carbonyl (C=O) groups excluding carboxylic acids is 2. The van der Waals surface area contributed by atoms with Crippen LogP contribution < -0.4 is 10.1 Å². The Balaban J connectivity index is 1.10. The van der Waals surface area contributed by atoms with E-state index in [-0.39, 0.29) is 41.4 Å². The monoisotopic (exact) mass is 535 g/mol. The van der Waals surface area contributed by atoms with Gasteiger partial charge in [-0.1, -0.05) is 13.8 Å². The minimum Gasteiger partial charge on any atom is -0.482 e. The van der Waals surface area contributed by atoms with Crippen molar-refractivity contribution in [2.75, 3.05) is 19.7 Å². The van der Waals surface area contributed by atoms with Crippen molar-refractivity contribution in [3.63, 3.8) is 0 Å². The van der Waals surface area contributed by atoms with E-state index < -0.39 is 19.7 Å². The highest BCUT2D eigenvalue weighted by Crippen LogP contribution is 2.65. The SMILES string of the molecule is CC1(C)[C@H]2CC3OB(C4CCCN4C(=O)CNC(=O)c4ccnc5cc(OCC(=O)O)ccc45)O[C@@]3(C)[C@@H]1C2. The molecule has 39 heavy (non-hydrogen) atoms. The summed E-state index contributed by atoms with van der Waals surface area (Å²) >= 11 is 0. The first-order valence-electron chi connectivity index (χ1n) is 13.7. The molecule has 0 radical (unpaired) electrons. The molecule has 5 aliphatic rings. The van der Waals surface area contributed by atoms with Crippen molar-refractivity contribution >= 4 is 35.8 Å². The number of aromatic nitrogens is 1. The molecule has 2 N–H and O–H groups in total. The number of rotatable bonds is 7. The molecule has 2 bridgehead atoms. The molecule has 3 aliphatic carbocycles. The van der Waals surface area contributed by atoms with Crippen molar-refractivity contribution in [1.82, 2.24) is 15.2 Å². The quantitative estimate of drug-likeness (QED) is 0.519. The largest absolute Gasteiger partial charge is 0.482 e. The number of amides is 2. The molecule has 2 aliphatic heterocycles. The molecule has 2 aromatic rings. The third-order valence-electron chi connectivity index (χ3n) is 9.62. The second-order valence-electron chi connectivity index (χ2n) is 12.0. The van der Waals surface area contributed by atoms with Crippen LogP contribution in [0.2, 0.25) is 0 Å². The van der Waals surface area contributed by atoms with E-state index >= 15 is 0 Å². The van der Waals surface area contributed by atoms with Gasteiger partial charge in [0.05, 0.1) is 35.3 Å². The van der Waals surface area contributed by atoms with Gasteiger partial charge in [-0.05, 0) is 68.1 Å². The Morgan fingerprint density at radius 1 is 1.23 bits per heavy atom. The average molecular weight is 535 g/mol. The molecule has 5 fully saturated rings. The molecule has 3 saturated carbocycles. The summed E-state index contributed by atoms with van der Waals surface area (Å²) in [6.45, 7) is 6.84. The summed E-state index contributed by atoms with van der Waals surface area (Å²) in [5, 5.41) is 12.2.